The van der Waals surface area contributed by atoms with Gasteiger partial charge in [-0.1, -0.05) is 127 Å². The van der Waals surface area contributed by atoms with E-state index in [-0.39, 0.29) is 0 Å². The standard InChI is InChI=1S/C46H37N3O/c47-49(46(48-30-31-9-3-1-4-10-31)36-18-15-33(16-19-36)32-11-5-2-6-12-32)39-25-21-34(22-26-39)37-23-27-40-38(29-37)20-17-35-24-28-43-45(44(35)40)41-13-7-8-14-42(41)50-43/h1,3-5,7-23,25-27,29-30,46H,2,6,24,28,47H2/b48-30+. The van der Waals surface area contributed by atoms with E-state index in [1.54, 1.807) is 5.01 Å². The lowest BCUT2D eigenvalue weighted by molar-refractivity contribution is 0.546. The SMILES string of the molecule is NN(c1ccc(-c2ccc3c4c(ccc3c2)CCc2oc3ccccc3c2-4)cc1)C(/N=C/c1ccccc1)c1ccc(C2=CCCC=C2)cc1. The predicted molar refractivity (Wildman–Crippen MR) is 208 cm³/mol. The van der Waals surface area contributed by atoms with E-state index in [1.807, 2.05) is 30.5 Å². The number of hydrogen-bond donors (Lipinski definition) is 1. The Morgan fingerprint density at radius 2 is 1.46 bits per heavy atom. The van der Waals surface area contributed by atoms with Crippen LogP contribution in [0.4, 0.5) is 5.69 Å². The van der Waals surface area contributed by atoms with Crippen molar-refractivity contribution in [2.75, 3.05) is 5.01 Å². The summed E-state index contributed by atoms with van der Waals surface area (Å²) in [6.45, 7) is 0. The topological polar surface area (TPSA) is 54.8 Å². The van der Waals surface area contributed by atoms with Crippen LogP contribution in [0.3, 0.4) is 0 Å². The van der Waals surface area contributed by atoms with Gasteiger partial charge in [0.05, 0.1) is 5.69 Å². The fraction of sp³-hybridized carbons (Fsp3) is 0.109. The summed E-state index contributed by atoms with van der Waals surface area (Å²) in [5.74, 6) is 8.00. The first-order valence-corrected chi connectivity index (χ1v) is 17.5. The second-order valence-corrected chi connectivity index (χ2v) is 13.2. The van der Waals surface area contributed by atoms with Gasteiger partial charge in [0.1, 0.15) is 11.3 Å². The Balaban J connectivity index is 1.02. The van der Waals surface area contributed by atoms with Crippen LogP contribution in [0.1, 0.15) is 47.0 Å². The molecular weight excluding hydrogens is 611 g/mol. The summed E-state index contributed by atoms with van der Waals surface area (Å²) in [4.78, 5) is 5.00. The van der Waals surface area contributed by atoms with Crippen molar-refractivity contribution in [2.45, 2.75) is 31.8 Å². The molecule has 4 nitrogen and oxygen atoms in total. The fourth-order valence-electron chi connectivity index (χ4n) is 7.51. The minimum absolute atomic E-state index is 0.401. The maximum absolute atomic E-state index is 6.90. The number of para-hydroxylation sites is 1. The van der Waals surface area contributed by atoms with E-state index < -0.39 is 6.17 Å². The lowest BCUT2D eigenvalue weighted by Gasteiger charge is -2.27. The van der Waals surface area contributed by atoms with Crippen LogP contribution in [-0.2, 0) is 12.8 Å². The first-order valence-electron chi connectivity index (χ1n) is 17.5. The molecule has 0 aliphatic heterocycles. The Bertz CT molecular complexity index is 2430. The highest BCUT2D eigenvalue weighted by Crippen LogP contribution is 2.45. The number of hydrazine groups is 1. The van der Waals surface area contributed by atoms with Gasteiger partial charge >= 0.3 is 0 Å². The van der Waals surface area contributed by atoms with Gasteiger partial charge in [0.2, 0.25) is 0 Å². The lowest BCUT2D eigenvalue weighted by atomic mass is 9.84. The third-order valence-electron chi connectivity index (χ3n) is 10.1. The number of nitrogens with zero attached hydrogens (tertiary/aromatic N) is 2. The monoisotopic (exact) mass is 647 g/mol. The number of rotatable bonds is 7. The number of aryl methyl sites for hydroxylation is 2. The van der Waals surface area contributed by atoms with Gasteiger partial charge in [-0.25, -0.2) is 5.84 Å². The molecule has 1 heterocycles. The Morgan fingerprint density at radius 3 is 2.28 bits per heavy atom. The highest BCUT2D eigenvalue weighted by molar-refractivity contribution is 6.08. The summed E-state index contributed by atoms with van der Waals surface area (Å²) in [5, 5.41) is 5.45. The molecule has 0 saturated heterocycles. The average molecular weight is 648 g/mol. The van der Waals surface area contributed by atoms with E-state index in [2.05, 4.69) is 127 Å². The molecule has 4 heteroatoms. The van der Waals surface area contributed by atoms with E-state index in [0.717, 1.165) is 59.4 Å². The summed E-state index contributed by atoms with van der Waals surface area (Å²) >= 11 is 0. The van der Waals surface area contributed by atoms with Gasteiger partial charge < -0.3 is 4.42 Å². The van der Waals surface area contributed by atoms with Crippen LogP contribution in [0.15, 0.2) is 161 Å². The molecule has 0 spiro atoms. The van der Waals surface area contributed by atoms with Gasteiger partial charge in [0, 0.05) is 23.6 Å². The van der Waals surface area contributed by atoms with Gasteiger partial charge in [-0.15, -0.1) is 0 Å². The van der Waals surface area contributed by atoms with E-state index in [9.17, 15) is 0 Å². The van der Waals surface area contributed by atoms with Gasteiger partial charge in [0.15, 0.2) is 6.17 Å². The maximum atomic E-state index is 6.90. The second-order valence-electron chi connectivity index (χ2n) is 13.2. The van der Waals surface area contributed by atoms with Crippen LogP contribution in [0.25, 0.3) is 49.6 Å². The first kappa shape index (κ1) is 30.1. The number of fused-ring (bicyclic) bond motifs is 7. The molecule has 1 unspecified atom stereocenters. The molecule has 0 bridgehead atoms. The quantitative estimate of drug-likeness (QED) is 0.106. The number of allylic oxidation sites excluding steroid dienone is 4. The van der Waals surface area contributed by atoms with Crippen molar-refractivity contribution < 1.29 is 4.42 Å². The average Bonchev–Trinajstić information content (AvgIpc) is 3.57. The minimum Gasteiger partial charge on any atom is -0.460 e. The predicted octanol–water partition coefficient (Wildman–Crippen LogP) is 11.2. The molecule has 6 aromatic carbocycles. The van der Waals surface area contributed by atoms with E-state index in [1.165, 1.54) is 49.5 Å². The number of aliphatic imine (C=N–C) groups is 1. The normalized spacial score (nSPS) is 14.5. The maximum Gasteiger partial charge on any atom is 0.160 e. The number of benzene rings is 6. The van der Waals surface area contributed by atoms with Crippen molar-refractivity contribution in [3.05, 3.63) is 180 Å². The van der Waals surface area contributed by atoms with Crippen molar-refractivity contribution in [3.8, 4) is 22.3 Å². The molecule has 7 aromatic rings. The summed E-state index contributed by atoms with van der Waals surface area (Å²) in [6, 6.07) is 47.1. The molecule has 2 aliphatic rings. The number of anilines is 1. The summed E-state index contributed by atoms with van der Waals surface area (Å²) < 4.78 is 6.31. The molecular formula is C46H37N3O. The Hall–Kier alpha value is -5.97. The zero-order chi connectivity index (χ0) is 33.4. The van der Waals surface area contributed by atoms with Gasteiger partial charge in [0.25, 0.3) is 0 Å². The molecule has 0 amide bonds. The molecule has 1 atom stereocenters. The molecule has 0 saturated carbocycles. The highest BCUT2D eigenvalue weighted by Gasteiger charge is 2.25. The molecule has 50 heavy (non-hydrogen) atoms. The van der Waals surface area contributed by atoms with Crippen LogP contribution in [0.2, 0.25) is 0 Å². The smallest absolute Gasteiger partial charge is 0.160 e. The van der Waals surface area contributed by atoms with Gasteiger partial charge in [-0.05, 0) is 98.8 Å². The molecule has 242 valence electrons. The molecule has 0 fully saturated rings. The van der Waals surface area contributed by atoms with E-state index in [0.29, 0.717) is 0 Å². The van der Waals surface area contributed by atoms with E-state index >= 15 is 0 Å². The Kier molecular flexibility index (Phi) is 7.72. The van der Waals surface area contributed by atoms with Crippen molar-refractivity contribution in [1.82, 2.24) is 0 Å². The third kappa shape index (κ3) is 5.54. The fourth-order valence-corrected chi connectivity index (χ4v) is 7.51. The largest absolute Gasteiger partial charge is 0.460 e. The van der Waals surface area contributed by atoms with Gasteiger partial charge in [-0.2, -0.15) is 0 Å². The van der Waals surface area contributed by atoms with Crippen molar-refractivity contribution in [2.24, 2.45) is 10.8 Å². The zero-order valence-electron chi connectivity index (χ0n) is 27.8. The first-order chi connectivity index (χ1) is 24.7. The summed E-state index contributed by atoms with van der Waals surface area (Å²) in [5.41, 5.74) is 12.7. The Labute approximate surface area is 292 Å². The van der Waals surface area contributed by atoms with Crippen molar-refractivity contribution in [1.29, 1.82) is 0 Å². The minimum atomic E-state index is -0.401. The second kappa shape index (κ2) is 12.8. The number of furan rings is 1. The number of hydrogen-bond acceptors (Lipinski definition) is 4. The Morgan fingerprint density at radius 1 is 0.680 bits per heavy atom. The van der Waals surface area contributed by atoms with Crippen LogP contribution in [0, 0.1) is 0 Å². The molecule has 0 radical (unpaired) electrons. The third-order valence-corrected chi connectivity index (χ3v) is 10.1. The van der Waals surface area contributed by atoms with Crippen LogP contribution in [-0.4, -0.2) is 6.21 Å². The van der Waals surface area contributed by atoms with Crippen LogP contribution < -0.4 is 10.9 Å². The van der Waals surface area contributed by atoms with Crippen molar-refractivity contribution in [3.63, 3.8) is 0 Å². The highest BCUT2D eigenvalue weighted by atomic mass is 16.3. The lowest BCUT2D eigenvalue weighted by Crippen LogP contribution is -2.34. The van der Waals surface area contributed by atoms with E-state index in [4.69, 9.17) is 15.3 Å². The molecule has 9 rings (SSSR count). The zero-order valence-corrected chi connectivity index (χ0v) is 27.8. The molecule has 1 aromatic heterocycles. The summed E-state index contributed by atoms with van der Waals surface area (Å²) in [6.07, 6.45) is 12.4. The van der Waals surface area contributed by atoms with Crippen LogP contribution in [0.5, 0.6) is 0 Å². The molecule has 2 N–H and O–H groups in total. The van der Waals surface area contributed by atoms with Crippen LogP contribution >= 0.6 is 0 Å². The van der Waals surface area contributed by atoms with Crippen molar-refractivity contribution >= 4 is 39.2 Å². The summed E-state index contributed by atoms with van der Waals surface area (Å²) in [7, 11) is 0. The molecule has 2 aliphatic carbocycles. The number of nitrogens with two attached hydrogens (primary N) is 1. The van der Waals surface area contributed by atoms with Gasteiger partial charge in [-0.3, -0.25) is 10.0 Å².